The molecule has 13 aromatic rings. The Bertz CT molecular complexity index is 3910. The van der Waals surface area contributed by atoms with Crippen LogP contribution < -0.4 is 0 Å². The number of aromatic nitrogens is 6. The number of para-hydroxylation sites is 1. The number of fused-ring (bicyclic) bond motifs is 9. The number of hydrogen-bond acceptors (Lipinski definition) is 7. The summed E-state index contributed by atoms with van der Waals surface area (Å²) in [5.41, 5.74) is 11.3. The minimum atomic E-state index is 0.532. The summed E-state index contributed by atoms with van der Waals surface area (Å²) in [7, 11) is 0. The predicted octanol–water partition coefficient (Wildman–Crippen LogP) is 14.4. The van der Waals surface area contributed by atoms with Crippen LogP contribution in [0.15, 0.2) is 199 Å². The Morgan fingerprint density at radius 3 is 1.86 bits per heavy atom. The zero-order valence-corrected chi connectivity index (χ0v) is 34.3. The maximum absolute atomic E-state index is 6.69. The highest BCUT2D eigenvalue weighted by atomic mass is 32.1. The lowest BCUT2D eigenvalue weighted by Crippen LogP contribution is -2.06. The summed E-state index contributed by atoms with van der Waals surface area (Å²) in [5, 5.41) is 5.31. The molecule has 0 aliphatic heterocycles. The molecule has 0 unspecified atom stereocenters. The lowest BCUT2D eigenvalue weighted by molar-refractivity contribution is 0.669. The van der Waals surface area contributed by atoms with Gasteiger partial charge in [-0.25, -0.2) is 15.0 Å². The van der Waals surface area contributed by atoms with Crippen LogP contribution in [0.4, 0.5) is 0 Å². The summed E-state index contributed by atoms with van der Waals surface area (Å²) in [5.74, 6) is 2.30. The smallest absolute Gasteiger partial charge is 0.238 e. The van der Waals surface area contributed by atoms with Crippen molar-refractivity contribution in [3.8, 4) is 62.5 Å². The largest absolute Gasteiger partial charge is 0.456 e. The van der Waals surface area contributed by atoms with Crippen LogP contribution in [0.3, 0.4) is 0 Å². The van der Waals surface area contributed by atoms with Crippen molar-refractivity contribution in [1.82, 2.24) is 29.5 Å². The van der Waals surface area contributed by atoms with Gasteiger partial charge in [0, 0.05) is 53.9 Å². The van der Waals surface area contributed by atoms with Crippen molar-refractivity contribution in [2.45, 2.75) is 0 Å². The van der Waals surface area contributed by atoms with E-state index in [-0.39, 0.29) is 0 Å². The van der Waals surface area contributed by atoms with E-state index in [4.69, 9.17) is 29.3 Å². The normalized spacial score (nSPS) is 11.8. The van der Waals surface area contributed by atoms with E-state index in [9.17, 15) is 0 Å². The van der Waals surface area contributed by atoms with Crippen molar-refractivity contribution in [3.63, 3.8) is 0 Å². The summed E-state index contributed by atoms with van der Waals surface area (Å²) >= 11 is 1.73. The fraction of sp³-hybridized carbons (Fsp3) is 0. The molecular weight excluding hydrogens is 793 g/mol. The van der Waals surface area contributed by atoms with Crippen LogP contribution in [0.1, 0.15) is 0 Å². The molecule has 294 valence electrons. The molecule has 0 aliphatic carbocycles. The number of hydrogen-bond donors (Lipinski definition) is 0. The van der Waals surface area contributed by atoms with Crippen LogP contribution in [-0.4, -0.2) is 29.5 Å². The molecule has 0 amide bonds. The first kappa shape index (κ1) is 35.4. The highest BCUT2D eigenvalue weighted by Crippen LogP contribution is 2.43. The summed E-state index contributed by atoms with van der Waals surface area (Å²) in [4.78, 5) is 26.2. The van der Waals surface area contributed by atoms with Gasteiger partial charge in [-0.3, -0.25) is 4.57 Å². The first-order valence-electron chi connectivity index (χ1n) is 20.8. The van der Waals surface area contributed by atoms with Gasteiger partial charge in [0.1, 0.15) is 11.2 Å². The van der Waals surface area contributed by atoms with Gasteiger partial charge in [0.2, 0.25) is 5.95 Å². The van der Waals surface area contributed by atoms with E-state index in [0.717, 1.165) is 92.8 Å². The molecule has 7 nitrogen and oxygen atoms in total. The van der Waals surface area contributed by atoms with E-state index in [1.807, 2.05) is 54.6 Å². The van der Waals surface area contributed by atoms with Crippen molar-refractivity contribution >= 4 is 75.4 Å². The van der Waals surface area contributed by atoms with Crippen molar-refractivity contribution < 1.29 is 4.42 Å². The van der Waals surface area contributed by atoms with E-state index >= 15 is 0 Å². The number of rotatable bonds is 6. The first-order chi connectivity index (χ1) is 31.2. The van der Waals surface area contributed by atoms with E-state index in [2.05, 4.69) is 144 Å². The Hall–Kier alpha value is -8.33. The maximum atomic E-state index is 6.69. The third-order valence-electron chi connectivity index (χ3n) is 11.9. The van der Waals surface area contributed by atoms with Crippen LogP contribution in [0.25, 0.3) is 127 Å². The average Bonchev–Trinajstić information content (AvgIpc) is 4.04. The molecule has 0 bridgehead atoms. The topological polar surface area (TPSA) is 82.5 Å². The maximum Gasteiger partial charge on any atom is 0.238 e. The van der Waals surface area contributed by atoms with Crippen LogP contribution >= 0.6 is 11.3 Å². The highest BCUT2D eigenvalue weighted by molar-refractivity contribution is 7.26. The van der Waals surface area contributed by atoms with E-state index in [1.165, 1.54) is 4.70 Å². The van der Waals surface area contributed by atoms with Crippen LogP contribution in [0, 0.1) is 0 Å². The SMILES string of the molecule is c1ccc(-c2nc(-c3ccc4c(c3)oc3cccc(-c5nc(-c6ccccc6)c6sc7ccccc7c6n5)c34)nc(-n3c4ccccc4c4c(-c5ccccc5)cccc43)n2)cc1. The van der Waals surface area contributed by atoms with Crippen molar-refractivity contribution in [2.75, 3.05) is 0 Å². The summed E-state index contributed by atoms with van der Waals surface area (Å²) in [6, 6.07) is 66.7. The van der Waals surface area contributed by atoms with E-state index in [0.29, 0.717) is 29.0 Å². The molecule has 0 saturated heterocycles. The van der Waals surface area contributed by atoms with Gasteiger partial charge in [-0.2, -0.15) is 9.97 Å². The van der Waals surface area contributed by atoms with Crippen molar-refractivity contribution in [1.29, 1.82) is 0 Å². The second-order valence-corrected chi connectivity index (χ2v) is 16.6. The van der Waals surface area contributed by atoms with Crippen LogP contribution in [0.5, 0.6) is 0 Å². The van der Waals surface area contributed by atoms with Crippen LogP contribution in [-0.2, 0) is 0 Å². The monoisotopic (exact) mass is 824 g/mol. The molecule has 63 heavy (non-hydrogen) atoms. The first-order valence-corrected chi connectivity index (χ1v) is 21.7. The molecule has 8 heteroatoms. The minimum Gasteiger partial charge on any atom is -0.456 e. The zero-order chi connectivity index (χ0) is 41.4. The zero-order valence-electron chi connectivity index (χ0n) is 33.5. The fourth-order valence-electron chi connectivity index (χ4n) is 9.06. The molecule has 0 saturated carbocycles. The molecule has 0 aliphatic rings. The Balaban J connectivity index is 1.01. The molecule has 0 atom stereocenters. The number of nitrogens with zero attached hydrogens (tertiary/aromatic N) is 6. The third-order valence-corrected chi connectivity index (χ3v) is 13.1. The minimum absolute atomic E-state index is 0.532. The van der Waals surface area contributed by atoms with Crippen LogP contribution in [0.2, 0.25) is 0 Å². The van der Waals surface area contributed by atoms with Gasteiger partial charge in [0.25, 0.3) is 0 Å². The molecule has 0 radical (unpaired) electrons. The van der Waals surface area contributed by atoms with Gasteiger partial charge < -0.3 is 4.42 Å². The Labute approximate surface area is 364 Å². The fourth-order valence-corrected chi connectivity index (χ4v) is 10.2. The Kier molecular flexibility index (Phi) is 7.94. The second kappa shape index (κ2) is 14.1. The summed E-state index contributed by atoms with van der Waals surface area (Å²) in [6.45, 7) is 0. The van der Waals surface area contributed by atoms with E-state index in [1.54, 1.807) is 11.3 Å². The van der Waals surface area contributed by atoms with Gasteiger partial charge in [-0.15, -0.1) is 11.3 Å². The van der Waals surface area contributed by atoms with Gasteiger partial charge in [0.15, 0.2) is 17.5 Å². The quantitative estimate of drug-likeness (QED) is 0.166. The van der Waals surface area contributed by atoms with Gasteiger partial charge in [-0.1, -0.05) is 158 Å². The highest BCUT2D eigenvalue weighted by Gasteiger charge is 2.23. The van der Waals surface area contributed by atoms with Crippen molar-refractivity contribution in [3.05, 3.63) is 194 Å². The number of thiophene rings is 1. The molecule has 0 spiro atoms. The number of benzene rings is 8. The molecule has 8 aromatic carbocycles. The predicted molar refractivity (Wildman–Crippen MR) is 257 cm³/mol. The van der Waals surface area contributed by atoms with Gasteiger partial charge in [0.05, 0.1) is 26.9 Å². The average molecular weight is 825 g/mol. The lowest BCUT2D eigenvalue weighted by Gasteiger charge is -2.11. The molecule has 0 N–H and O–H groups in total. The molecule has 13 rings (SSSR count). The standard InChI is InChI=1S/C55H32N6OS/c1-4-16-33(17-5-1)37-24-14-27-43-47(37)38-22-10-12-26-42(38)61(43)55-59-52(35-20-8-3-9-21-35)58-53(60-55)36-30-31-39-45(32-36)62-44-28-15-25-41(48(39)44)54-56-49(34-18-6-2-7-19-34)51-50(57-54)40-23-11-13-29-46(40)63-51/h1-32H. The lowest BCUT2D eigenvalue weighted by atomic mass is 9.99. The molecule has 5 aromatic heterocycles. The molecule has 0 fully saturated rings. The summed E-state index contributed by atoms with van der Waals surface area (Å²) in [6.07, 6.45) is 0. The number of furan rings is 1. The van der Waals surface area contributed by atoms with Gasteiger partial charge >= 0.3 is 0 Å². The third kappa shape index (κ3) is 5.69. The summed E-state index contributed by atoms with van der Waals surface area (Å²) < 4.78 is 11.1. The second-order valence-electron chi connectivity index (χ2n) is 15.6. The van der Waals surface area contributed by atoms with Crippen molar-refractivity contribution in [2.24, 2.45) is 0 Å². The van der Waals surface area contributed by atoms with Gasteiger partial charge in [-0.05, 0) is 47.5 Å². The molecular formula is C55H32N6OS. The Morgan fingerprint density at radius 2 is 1.05 bits per heavy atom. The van der Waals surface area contributed by atoms with E-state index < -0.39 is 0 Å². The Morgan fingerprint density at radius 1 is 0.397 bits per heavy atom. The molecule has 5 heterocycles.